The largest absolute Gasteiger partial charge is 0.466 e. The second kappa shape index (κ2) is 6.00. The molecule has 0 aliphatic rings. The summed E-state index contributed by atoms with van der Waals surface area (Å²) in [5, 5.41) is 0. The molecule has 4 nitrogen and oxygen atoms in total. The molecular weight excluding hydrogens is 206 g/mol. The first-order chi connectivity index (χ1) is 7.65. The van der Waals surface area contributed by atoms with Crippen molar-refractivity contribution >= 4 is 11.8 Å². The molecule has 1 aromatic rings. The molecule has 1 heterocycles. The van der Waals surface area contributed by atoms with Crippen molar-refractivity contribution in [3.05, 3.63) is 30.1 Å². The second-order valence-corrected chi connectivity index (χ2v) is 3.42. The van der Waals surface area contributed by atoms with E-state index in [2.05, 4.69) is 4.98 Å². The number of esters is 1. The van der Waals surface area contributed by atoms with Crippen LogP contribution in [0.5, 0.6) is 0 Å². The maximum atomic E-state index is 11.7. The lowest BCUT2D eigenvalue weighted by atomic mass is 10.00. The van der Waals surface area contributed by atoms with Gasteiger partial charge < -0.3 is 4.74 Å². The van der Waals surface area contributed by atoms with Crippen LogP contribution in [0, 0.1) is 0 Å². The number of ketones is 1. The van der Waals surface area contributed by atoms with Crippen LogP contribution >= 0.6 is 0 Å². The summed E-state index contributed by atoms with van der Waals surface area (Å²) in [6, 6.07) is 5.37. The Morgan fingerprint density at radius 2 is 2.19 bits per heavy atom. The minimum atomic E-state index is -0.477. The van der Waals surface area contributed by atoms with Gasteiger partial charge in [0.05, 0.1) is 18.2 Å². The lowest BCUT2D eigenvalue weighted by Crippen LogP contribution is -2.16. The van der Waals surface area contributed by atoms with Gasteiger partial charge in [0.1, 0.15) is 6.42 Å². The number of pyridine rings is 1. The molecule has 86 valence electrons. The van der Waals surface area contributed by atoms with Gasteiger partial charge in [0.25, 0.3) is 0 Å². The van der Waals surface area contributed by atoms with Gasteiger partial charge >= 0.3 is 5.97 Å². The average molecular weight is 221 g/mol. The van der Waals surface area contributed by atoms with Crippen molar-refractivity contribution in [2.75, 3.05) is 6.61 Å². The van der Waals surface area contributed by atoms with Crippen molar-refractivity contribution in [3.8, 4) is 0 Å². The fourth-order valence-corrected chi connectivity index (χ4v) is 1.30. The van der Waals surface area contributed by atoms with E-state index >= 15 is 0 Å². The molecule has 1 atom stereocenters. The highest BCUT2D eigenvalue weighted by molar-refractivity contribution is 5.98. The molecule has 0 spiro atoms. The normalized spacial score (nSPS) is 11.9. The zero-order valence-electron chi connectivity index (χ0n) is 9.47. The highest BCUT2D eigenvalue weighted by atomic mass is 16.5. The Kier molecular flexibility index (Phi) is 4.64. The molecule has 0 aliphatic carbocycles. The van der Waals surface area contributed by atoms with E-state index in [9.17, 15) is 9.59 Å². The molecular formula is C12H15NO3. The monoisotopic (exact) mass is 221 g/mol. The molecule has 0 bridgehead atoms. The average Bonchev–Trinajstić information content (AvgIpc) is 2.29. The Hall–Kier alpha value is -1.71. The third-order valence-electron chi connectivity index (χ3n) is 2.24. The SMILES string of the molecule is CCOC(=O)CC(=O)C(C)c1ccccn1. The van der Waals surface area contributed by atoms with E-state index in [1.165, 1.54) is 0 Å². The Morgan fingerprint density at radius 3 is 2.75 bits per heavy atom. The lowest BCUT2D eigenvalue weighted by Gasteiger charge is -2.08. The van der Waals surface area contributed by atoms with Crippen LogP contribution in [0.3, 0.4) is 0 Å². The summed E-state index contributed by atoms with van der Waals surface area (Å²) < 4.78 is 4.72. The number of Topliss-reactive ketones (excluding diaryl/α,β-unsaturated/α-hetero) is 1. The molecule has 0 saturated heterocycles. The fraction of sp³-hybridized carbons (Fsp3) is 0.417. The number of aromatic nitrogens is 1. The van der Waals surface area contributed by atoms with Crippen molar-refractivity contribution in [1.82, 2.24) is 4.98 Å². The Morgan fingerprint density at radius 1 is 1.44 bits per heavy atom. The summed E-state index contributed by atoms with van der Waals surface area (Å²) in [4.78, 5) is 26.9. The topological polar surface area (TPSA) is 56.3 Å². The van der Waals surface area contributed by atoms with Crippen LogP contribution in [0.15, 0.2) is 24.4 Å². The standard InChI is InChI=1S/C12H15NO3/c1-3-16-12(15)8-11(14)9(2)10-6-4-5-7-13-10/h4-7,9H,3,8H2,1-2H3. The van der Waals surface area contributed by atoms with Crippen molar-refractivity contribution in [2.24, 2.45) is 0 Å². The zero-order valence-corrected chi connectivity index (χ0v) is 9.47. The highest BCUT2D eigenvalue weighted by Crippen LogP contribution is 2.14. The number of hydrogen-bond donors (Lipinski definition) is 0. The van der Waals surface area contributed by atoms with E-state index in [0.29, 0.717) is 12.3 Å². The zero-order chi connectivity index (χ0) is 12.0. The summed E-state index contributed by atoms with van der Waals surface area (Å²) >= 11 is 0. The van der Waals surface area contributed by atoms with Gasteiger partial charge in [0.15, 0.2) is 5.78 Å². The molecule has 0 amide bonds. The molecule has 0 radical (unpaired) electrons. The van der Waals surface area contributed by atoms with Gasteiger partial charge in [-0.05, 0) is 26.0 Å². The molecule has 1 aromatic heterocycles. The number of hydrogen-bond acceptors (Lipinski definition) is 4. The van der Waals surface area contributed by atoms with E-state index < -0.39 is 5.97 Å². The Labute approximate surface area is 94.6 Å². The van der Waals surface area contributed by atoms with Crippen LogP contribution in [-0.4, -0.2) is 23.3 Å². The van der Waals surface area contributed by atoms with E-state index in [-0.39, 0.29) is 18.1 Å². The van der Waals surface area contributed by atoms with Crippen LogP contribution in [0.2, 0.25) is 0 Å². The molecule has 0 aliphatic heterocycles. The number of carbonyl (C=O) groups is 2. The van der Waals surface area contributed by atoms with Gasteiger partial charge in [-0.25, -0.2) is 0 Å². The number of rotatable bonds is 5. The van der Waals surface area contributed by atoms with Crippen molar-refractivity contribution in [3.63, 3.8) is 0 Å². The third-order valence-corrected chi connectivity index (χ3v) is 2.24. The van der Waals surface area contributed by atoms with E-state index in [0.717, 1.165) is 0 Å². The summed E-state index contributed by atoms with van der Waals surface area (Å²) in [7, 11) is 0. The first-order valence-electron chi connectivity index (χ1n) is 5.24. The van der Waals surface area contributed by atoms with Crippen LogP contribution in [0.25, 0.3) is 0 Å². The predicted molar refractivity (Wildman–Crippen MR) is 58.9 cm³/mol. The van der Waals surface area contributed by atoms with E-state index in [1.54, 1.807) is 32.2 Å². The first-order valence-corrected chi connectivity index (χ1v) is 5.24. The summed E-state index contributed by atoms with van der Waals surface area (Å²) in [5.41, 5.74) is 0.678. The predicted octanol–water partition coefficient (Wildman–Crippen LogP) is 1.71. The van der Waals surface area contributed by atoms with Gasteiger partial charge in [-0.2, -0.15) is 0 Å². The van der Waals surface area contributed by atoms with Gasteiger partial charge in [-0.15, -0.1) is 0 Å². The van der Waals surface area contributed by atoms with Crippen LogP contribution in [-0.2, 0) is 14.3 Å². The third kappa shape index (κ3) is 3.46. The Balaban J connectivity index is 2.58. The summed E-state index contributed by atoms with van der Waals surface area (Å²) in [6.07, 6.45) is 1.44. The number of ether oxygens (including phenoxy) is 1. The van der Waals surface area contributed by atoms with E-state index in [1.807, 2.05) is 6.07 Å². The minimum absolute atomic E-state index is 0.169. The molecule has 1 rings (SSSR count). The number of nitrogens with zero attached hydrogens (tertiary/aromatic N) is 1. The number of carbonyl (C=O) groups excluding carboxylic acids is 2. The quantitative estimate of drug-likeness (QED) is 0.561. The van der Waals surface area contributed by atoms with Gasteiger partial charge in [-0.1, -0.05) is 6.07 Å². The Bertz CT molecular complexity index is 362. The molecule has 1 unspecified atom stereocenters. The van der Waals surface area contributed by atoms with Crippen molar-refractivity contribution in [1.29, 1.82) is 0 Å². The summed E-state index contributed by atoms with van der Waals surface area (Å²) in [5.74, 6) is -1.02. The molecule has 0 N–H and O–H groups in total. The highest BCUT2D eigenvalue weighted by Gasteiger charge is 2.19. The van der Waals surface area contributed by atoms with Crippen molar-refractivity contribution in [2.45, 2.75) is 26.2 Å². The smallest absolute Gasteiger partial charge is 0.313 e. The molecule has 0 fully saturated rings. The second-order valence-electron chi connectivity index (χ2n) is 3.42. The molecule has 4 heteroatoms. The van der Waals surface area contributed by atoms with Gasteiger partial charge in [0, 0.05) is 6.20 Å². The van der Waals surface area contributed by atoms with E-state index in [4.69, 9.17) is 4.74 Å². The van der Waals surface area contributed by atoms with Crippen LogP contribution < -0.4 is 0 Å². The van der Waals surface area contributed by atoms with Crippen molar-refractivity contribution < 1.29 is 14.3 Å². The molecule has 16 heavy (non-hydrogen) atoms. The molecule has 0 aromatic carbocycles. The van der Waals surface area contributed by atoms with Crippen LogP contribution in [0.4, 0.5) is 0 Å². The summed E-state index contributed by atoms with van der Waals surface area (Å²) in [6.45, 7) is 3.75. The minimum Gasteiger partial charge on any atom is -0.466 e. The first kappa shape index (κ1) is 12.4. The van der Waals surface area contributed by atoms with Gasteiger partial charge in [-0.3, -0.25) is 14.6 Å². The molecule has 0 saturated carbocycles. The fourth-order valence-electron chi connectivity index (χ4n) is 1.30. The maximum absolute atomic E-state index is 11.7. The van der Waals surface area contributed by atoms with Gasteiger partial charge in [0.2, 0.25) is 0 Å². The lowest BCUT2D eigenvalue weighted by molar-refractivity contribution is -0.145. The van der Waals surface area contributed by atoms with Crippen LogP contribution in [0.1, 0.15) is 31.9 Å². The maximum Gasteiger partial charge on any atom is 0.313 e.